The van der Waals surface area contributed by atoms with Crippen LogP contribution in [0, 0.1) is 11.6 Å². The molecule has 0 saturated heterocycles. The molecule has 1 aromatic heterocycles. The number of hydrogen-bond donors (Lipinski definition) is 0. The first-order valence-corrected chi connectivity index (χ1v) is 5.48. The molecule has 2 aromatic rings. The van der Waals surface area contributed by atoms with Crippen molar-refractivity contribution in [2.45, 2.75) is 6.92 Å². The van der Waals surface area contributed by atoms with Gasteiger partial charge in [-0.15, -0.1) is 0 Å². The molecule has 7 heteroatoms. The highest BCUT2D eigenvalue weighted by Gasteiger charge is 2.14. The van der Waals surface area contributed by atoms with Crippen LogP contribution in [0.5, 0.6) is 6.01 Å². The van der Waals surface area contributed by atoms with E-state index in [0.717, 1.165) is 6.07 Å². The van der Waals surface area contributed by atoms with Gasteiger partial charge in [0.15, 0.2) is 17.5 Å². The molecule has 0 amide bonds. The van der Waals surface area contributed by atoms with Gasteiger partial charge in [-0.3, -0.25) is 0 Å². The Morgan fingerprint density at radius 1 is 1.22 bits per heavy atom. The van der Waals surface area contributed by atoms with Gasteiger partial charge in [0.05, 0.1) is 12.2 Å². The molecule has 0 aliphatic heterocycles. The fraction of sp³-hybridized carbons (Fsp3) is 0.182. The van der Waals surface area contributed by atoms with Crippen LogP contribution >= 0.6 is 11.6 Å². The van der Waals surface area contributed by atoms with Crippen molar-refractivity contribution in [3.05, 3.63) is 35.1 Å². The predicted molar refractivity (Wildman–Crippen MR) is 61.4 cm³/mol. The Morgan fingerprint density at radius 2 is 2.00 bits per heavy atom. The van der Waals surface area contributed by atoms with Gasteiger partial charge in [-0.1, -0.05) is 6.07 Å². The van der Waals surface area contributed by atoms with Gasteiger partial charge in [-0.05, 0) is 30.7 Å². The maximum absolute atomic E-state index is 13.6. The molecule has 0 aliphatic carbocycles. The van der Waals surface area contributed by atoms with E-state index in [1.165, 1.54) is 12.1 Å². The third-order valence-electron chi connectivity index (χ3n) is 2.05. The molecule has 0 saturated carbocycles. The van der Waals surface area contributed by atoms with E-state index in [-0.39, 0.29) is 22.7 Å². The lowest BCUT2D eigenvalue weighted by molar-refractivity contribution is 0.312. The predicted octanol–water partition coefficient (Wildman–Crippen LogP) is 2.87. The summed E-state index contributed by atoms with van der Waals surface area (Å²) in [4.78, 5) is 11.3. The van der Waals surface area contributed by atoms with Gasteiger partial charge in [0.1, 0.15) is 0 Å². The maximum Gasteiger partial charge on any atom is 0.321 e. The zero-order valence-corrected chi connectivity index (χ0v) is 10.1. The smallest absolute Gasteiger partial charge is 0.321 e. The van der Waals surface area contributed by atoms with Crippen LogP contribution in [0.15, 0.2) is 18.2 Å². The normalized spacial score (nSPS) is 10.4. The van der Waals surface area contributed by atoms with Gasteiger partial charge in [-0.25, -0.2) is 8.78 Å². The molecule has 0 fully saturated rings. The summed E-state index contributed by atoms with van der Waals surface area (Å²) in [5, 5.41) is -0.146. The standard InChI is InChI=1S/C11H8ClF2N3O/c1-2-18-11-16-9(15-10(12)17-11)6-4-3-5-7(13)8(6)14/h3-5H,2H2,1H3. The summed E-state index contributed by atoms with van der Waals surface area (Å²) < 4.78 is 31.7. The number of aromatic nitrogens is 3. The van der Waals surface area contributed by atoms with Crippen molar-refractivity contribution in [2.24, 2.45) is 0 Å². The van der Waals surface area contributed by atoms with Crippen LogP contribution < -0.4 is 4.74 Å². The molecule has 4 nitrogen and oxygen atoms in total. The Kier molecular flexibility index (Phi) is 3.66. The second-order valence-electron chi connectivity index (χ2n) is 3.25. The number of hydrogen-bond acceptors (Lipinski definition) is 4. The molecule has 94 valence electrons. The van der Waals surface area contributed by atoms with Gasteiger partial charge in [0.25, 0.3) is 0 Å². The Bertz CT molecular complexity index is 580. The van der Waals surface area contributed by atoms with Crippen LogP contribution in [0.1, 0.15) is 6.92 Å². The monoisotopic (exact) mass is 271 g/mol. The summed E-state index contributed by atoms with van der Waals surface area (Å²) >= 11 is 5.67. The minimum Gasteiger partial charge on any atom is -0.464 e. The lowest BCUT2D eigenvalue weighted by Crippen LogP contribution is -2.02. The molecule has 18 heavy (non-hydrogen) atoms. The van der Waals surface area contributed by atoms with Gasteiger partial charge < -0.3 is 4.74 Å². The molecule has 0 radical (unpaired) electrons. The summed E-state index contributed by atoms with van der Waals surface area (Å²) in [6.45, 7) is 2.06. The maximum atomic E-state index is 13.6. The highest BCUT2D eigenvalue weighted by atomic mass is 35.5. The first kappa shape index (κ1) is 12.6. The van der Waals surface area contributed by atoms with Crippen LogP contribution in [0.3, 0.4) is 0 Å². The summed E-state index contributed by atoms with van der Waals surface area (Å²) in [6.07, 6.45) is 0. The average molecular weight is 272 g/mol. The van der Waals surface area contributed by atoms with Crippen molar-refractivity contribution < 1.29 is 13.5 Å². The third kappa shape index (κ3) is 2.53. The van der Waals surface area contributed by atoms with Gasteiger partial charge in [0.2, 0.25) is 5.28 Å². The molecular formula is C11H8ClF2N3O. The van der Waals surface area contributed by atoms with E-state index in [9.17, 15) is 8.78 Å². The average Bonchev–Trinajstić information content (AvgIpc) is 2.32. The SMILES string of the molecule is CCOc1nc(Cl)nc(-c2cccc(F)c2F)n1. The van der Waals surface area contributed by atoms with E-state index in [4.69, 9.17) is 16.3 Å². The molecule has 1 heterocycles. The van der Waals surface area contributed by atoms with E-state index < -0.39 is 11.6 Å². The number of nitrogens with zero attached hydrogens (tertiary/aromatic N) is 3. The Morgan fingerprint density at radius 3 is 2.72 bits per heavy atom. The molecule has 1 aromatic carbocycles. The van der Waals surface area contributed by atoms with Gasteiger partial charge >= 0.3 is 6.01 Å². The fourth-order valence-electron chi connectivity index (χ4n) is 1.32. The highest BCUT2D eigenvalue weighted by Crippen LogP contribution is 2.23. The molecule has 0 aliphatic rings. The van der Waals surface area contributed by atoms with E-state index >= 15 is 0 Å². The van der Waals surface area contributed by atoms with Crippen LogP contribution in [0.4, 0.5) is 8.78 Å². The number of rotatable bonds is 3. The van der Waals surface area contributed by atoms with Crippen molar-refractivity contribution in [2.75, 3.05) is 6.61 Å². The van der Waals surface area contributed by atoms with Gasteiger partial charge in [0, 0.05) is 0 Å². The van der Waals surface area contributed by atoms with Crippen molar-refractivity contribution in [1.29, 1.82) is 0 Å². The van der Waals surface area contributed by atoms with Crippen molar-refractivity contribution in [1.82, 2.24) is 15.0 Å². The zero-order valence-electron chi connectivity index (χ0n) is 9.32. The van der Waals surface area contributed by atoms with Crippen LogP contribution in [0.2, 0.25) is 5.28 Å². The summed E-state index contributed by atoms with van der Waals surface area (Å²) in [5.41, 5.74) is -0.0970. The van der Waals surface area contributed by atoms with E-state index in [1.807, 2.05) is 0 Å². The summed E-state index contributed by atoms with van der Waals surface area (Å²) in [5.74, 6) is -2.10. The zero-order chi connectivity index (χ0) is 13.1. The second-order valence-corrected chi connectivity index (χ2v) is 3.58. The minimum absolute atomic E-state index is 0.0313. The summed E-state index contributed by atoms with van der Waals surface area (Å²) in [6, 6.07) is 3.67. The molecule has 2 rings (SSSR count). The molecular weight excluding hydrogens is 264 g/mol. The molecule has 0 unspecified atom stereocenters. The Hall–Kier alpha value is -1.82. The van der Waals surface area contributed by atoms with Crippen LogP contribution in [-0.2, 0) is 0 Å². The first-order valence-electron chi connectivity index (χ1n) is 5.10. The topological polar surface area (TPSA) is 47.9 Å². The number of benzene rings is 1. The lowest BCUT2D eigenvalue weighted by atomic mass is 10.2. The number of halogens is 3. The van der Waals surface area contributed by atoms with Crippen LogP contribution in [-0.4, -0.2) is 21.6 Å². The lowest BCUT2D eigenvalue weighted by Gasteiger charge is -2.05. The van der Waals surface area contributed by atoms with Crippen LogP contribution in [0.25, 0.3) is 11.4 Å². The molecule has 0 atom stereocenters. The van der Waals surface area contributed by atoms with E-state index in [0.29, 0.717) is 6.61 Å². The Balaban J connectivity index is 2.53. The Labute approximate surface area is 107 Å². The quantitative estimate of drug-likeness (QED) is 0.861. The fourth-order valence-corrected chi connectivity index (χ4v) is 1.47. The molecule has 0 N–H and O–H groups in total. The van der Waals surface area contributed by atoms with Gasteiger partial charge in [-0.2, -0.15) is 15.0 Å². The second kappa shape index (κ2) is 5.22. The molecule has 0 bridgehead atoms. The third-order valence-corrected chi connectivity index (χ3v) is 2.22. The molecule has 0 spiro atoms. The van der Waals surface area contributed by atoms with Crippen molar-refractivity contribution >= 4 is 11.6 Å². The summed E-state index contributed by atoms with van der Waals surface area (Å²) in [7, 11) is 0. The van der Waals surface area contributed by atoms with Crippen molar-refractivity contribution in [3.63, 3.8) is 0 Å². The van der Waals surface area contributed by atoms with Crippen molar-refractivity contribution in [3.8, 4) is 17.4 Å². The number of ether oxygens (including phenoxy) is 1. The first-order chi connectivity index (χ1) is 8.61. The van der Waals surface area contributed by atoms with E-state index in [1.54, 1.807) is 6.92 Å². The largest absolute Gasteiger partial charge is 0.464 e. The van der Waals surface area contributed by atoms with E-state index in [2.05, 4.69) is 15.0 Å². The minimum atomic E-state index is -1.04. The highest BCUT2D eigenvalue weighted by molar-refractivity contribution is 6.28.